The van der Waals surface area contributed by atoms with Gasteiger partial charge in [0, 0.05) is 5.92 Å². The molecular formula is C28H40NO3P. The molecule has 1 aliphatic carbocycles. The molecule has 4 nitrogen and oxygen atoms in total. The van der Waals surface area contributed by atoms with Gasteiger partial charge in [0.2, 0.25) is 0 Å². The molecule has 1 aliphatic heterocycles. The van der Waals surface area contributed by atoms with E-state index in [0.29, 0.717) is 18.4 Å². The summed E-state index contributed by atoms with van der Waals surface area (Å²) >= 11 is 0. The molecule has 1 saturated heterocycles. The third-order valence-electron chi connectivity index (χ3n) is 7.92. The van der Waals surface area contributed by atoms with Crippen LogP contribution in [0.1, 0.15) is 70.7 Å². The Kier molecular flexibility index (Phi) is 7.34. The summed E-state index contributed by atoms with van der Waals surface area (Å²) in [6, 6.07) is 20.1. The Labute approximate surface area is 200 Å². The summed E-state index contributed by atoms with van der Waals surface area (Å²) in [5.74, 6) is 0.822. The molecule has 2 aromatic carbocycles. The van der Waals surface area contributed by atoms with Gasteiger partial charge in [-0.1, -0.05) is 87.9 Å². The van der Waals surface area contributed by atoms with Gasteiger partial charge in [-0.15, -0.1) is 4.67 Å². The normalized spacial score (nSPS) is 31.7. The lowest BCUT2D eigenvalue weighted by Crippen LogP contribution is -2.62. The Bertz CT molecular complexity index is 906. The zero-order valence-electron chi connectivity index (χ0n) is 20.7. The van der Waals surface area contributed by atoms with E-state index in [1.165, 1.54) is 6.42 Å². The van der Waals surface area contributed by atoms with Crippen LogP contribution in [0.25, 0.3) is 0 Å². The first kappa shape index (κ1) is 24.8. The Hall–Kier alpha value is -1.29. The van der Waals surface area contributed by atoms with Crippen LogP contribution in [0.3, 0.4) is 0 Å². The van der Waals surface area contributed by atoms with Gasteiger partial charge < -0.3 is 10.00 Å². The molecule has 4 rings (SSSR count). The number of aliphatic hydroxyl groups excluding tert-OH is 1. The molecule has 33 heavy (non-hydrogen) atoms. The lowest BCUT2D eigenvalue weighted by Gasteiger charge is -2.60. The second kappa shape index (κ2) is 9.76. The Balaban J connectivity index is 1.85. The summed E-state index contributed by atoms with van der Waals surface area (Å²) in [4.78, 5) is 15.3. The predicted molar refractivity (Wildman–Crippen MR) is 134 cm³/mol. The molecule has 0 bridgehead atoms. The van der Waals surface area contributed by atoms with Crippen LogP contribution in [0.15, 0.2) is 60.7 Å². The highest BCUT2D eigenvalue weighted by Crippen LogP contribution is 2.75. The molecule has 0 amide bonds. The highest BCUT2D eigenvalue weighted by Gasteiger charge is 2.63. The topological polar surface area (TPSA) is 55.8 Å². The lowest BCUT2D eigenvalue weighted by atomic mass is 9.71. The van der Waals surface area contributed by atoms with Crippen LogP contribution in [-0.4, -0.2) is 27.5 Å². The standard InChI is InChI=1S/C28H40NO3P/c1-20(2)26(30)27(23-14-10-7-11-15-23)33(31)29(19-22-12-8-6-9-13-22)28(4,5)24-17-16-21(3)18-25(24)32-33/h6-15,20-21,24-27,30H,16-19H2,1-5H3/t21-,24-,25-,26+,27+,33?/m1/s1. The van der Waals surface area contributed by atoms with Crippen molar-refractivity contribution in [1.29, 1.82) is 0 Å². The van der Waals surface area contributed by atoms with Crippen LogP contribution in [0.5, 0.6) is 0 Å². The van der Waals surface area contributed by atoms with E-state index in [9.17, 15) is 5.11 Å². The monoisotopic (exact) mass is 469 g/mol. The van der Waals surface area contributed by atoms with Gasteiger partial charge in [-0.3, -0.25) is 0 Å². The van der Waals surface area contributed by atoms with Gasteiger partial charge in [0.15, 0.2) is 13.5 Å². The van der Waals surface area contributed by atoms with E-state index in [1.54, 1.807) is 0 Å². The van der Waals surface area contributed by atoms with Crippen LogP contribution in [0, 0.1) is 17.8 Å². The van der Waals surface area contributed by atoms with Gasteiger partial charge in [0.05, 0.1) is 12.1 Å². The lowest BCUT2D eigenvalue weighted by molar-refractivity contribution is -0.242. The molecule has 6 atom stereocenters. The van der Waals surface area contributed by atoms with Gasteiger partial charge in [0.1, 0.15) is 12.2 Å². The van der Waals surface area contributed by atoms with Crippen molar-refractivity contribution in [3.05, 3.63) is 71.8 Å². The van der Waals surface area contributed by atoms with Gasteiger partial charge in [-0.2, -0.15) is 0 Å². The number of hydrogen-bond acceptors (Lipinski definition) is 4. The van der Waals surface area contributed by atoms with E-state index in [0.717, 1.165) is 24.0 Å². The molecular weight excluding hydrogens is 429 g/mol. The van der Waals surface area contributed by atoms with Gasteiger partial charge >= 0.3 is 0 Å². The number of rotatable bonds is 6. The van der Waals surface area contributed by atoms with Crippen molar-refractivity contribution in [2.75, 3.05) is 0 Å². The Morgan fingerprint density at radius 1 is 1.06 bits per heavy atom. The number of nitrogens with zero attached hydrogens (tertiary/aromatic N) is 1. The van der Waals surface area contributed by atoms with Crippen molar-refractivity contribution in [1.82, 2.24) is 4.67 Å². The molecule has 2 fully saturated rings. The van der Waals surface area contributed by atoms with E-state index >= 15 is 4.89 Å². The third-order valence-corrected chi connectivity index (χ3v) is 11.1. The van der Waals surface area contributed by atoms with E-state index in [4.69, 9.17) is 4.52 Å². The van der Waals surface area contributed by atoms with Crippen molar-refractivity contribution < 1.29 is 14.5 Å². The van der Waals surface area contributed by atoms with Crippen molar-refractivity contribution >= 4 is 7.87 Å². The molecule has 2 aromatic rings. The van der Waals surface area contributed by atoms with E-state index in [-0.39, 0.29) is 17.6 Å². The minimum Gasteiger partial charge on any atom is -0.640 e. The largest absolute Gasteiger partial charge is 0.640 e. The quantitative estimate of drug-likeness (QED) is 0.529. The second-order valence-corrected chi connectivity index (χ2v) is 13.4. The molecule has 180 valence electrons. The maximum absolute atomic E-state index is 15.3. The Morgan fingerprint density at radius 3 is 2.27 bits per heavy atom. The smallest absolute Gasteiger partial charge is 0.185 e. The van der Waals surface area contributed by atoms with Crippen LogP contribution in [0.2, 0.25) is 0 Å². The second-order valence-electron chi connectivity index (χ2n) is 11.0. The average Bonchev–Trinajstić information content (AvgIpc) is 2.78. The number of aliphatic hydroxyl groups is 1. The van der Waals surface area contributed by atoms with Crippen molar-refractivity contribution in [3.8, 4) is 0 Å². The van der Waals surface area contributed by atoms with E-state index in [2.05, 4.69) is 37.6 Å². The summed E-state index contributed by atoms with van der Waals surface area (Å²) in [6.45, 7) is 11.3. The first-order chi connectivity index (χ1) is 15.6. The molecule has 1 unspecified atom stereocenters. The average molecular weight is 470 g/mol. The van der Waals surface area contributed by atoms with Crippen LogP contribution in [0.4, 0.5) is 0 Å². The van der Waals surface area contributed by atoms with Gasteiger partial charge in [-0.25, -0.2) is 4.52 Å². The molecule has 0 aromatic heterocycles. The fourth-order valence-corrected chi connectivity index (χ4v) is 9.60. The van der Waals surface area contributed by atoms with E-state index < -0.39 is 19.6 Å². The minimum absolute atomic E-state index is 0.0469. The maximum atomic E-state index is 15.3. The maximum Gasteiger partial charge on any atom is 0.185 e. The number of fused-ring (bicyclic) bond motifs is 1. The van der Waals surface area contributed by atoms with Crippen LogP contribution >= 0.6 is 7.87 Å². The highest BCUT2D eigenvalue weighted by molar-refractivity contribution is 7.62. The van der Waals surface area contributed by atoms with Gasteiger partial charge in [-0.05, 0) is 49.7 Å². The van der Waals surface area contributed by atoms with Crippen molar-refractivity contribution in [2.24, 2.45) is 17.8 Å². The molecule has 1 saturated carbocycles. The van der Waals surface area contributed by atoms with Crippen LogP contribution in [-0.2, 0) is 11.1 Å². The minimum atomic E-state index is -3.49. The number of hydrogen-bond donors (Lipinski definition) is 1. The predicted octanol–water partition coefficient (Wildman–Crippen LogP) is 5.98. The van der Waals surface area contributed by atoms with Crippen LogP contribution < -0.4 is 4.89 Å². The first-order valence-corrected chi connectivity index (χ1v) is 14.1. The fraction of sp³-hybridized carbons (Fsp3) is 0.571. The molecule has 1 N–H and O–H groups in total. The van der Waals surface area contributed by atoms with Crippen molar-refractivity contribution in [3.63, 3.8) is 0 Å². The summed E-state index contributed by atoms with van der Waals surface area (Å²) in [5.41, 5.74) is 1.08. The summed E-state index contributed by atoms with van der Waals surface area (Å²) in [6.07, 6.45) is 2.36. The molecule has 1 heterocycles. The molecule has 0 spiro atoms. The molecule has 0 radical (unpaired) electrons. The SMILES string of the molecule is CC(C)[C@H](O)[C@H](c1ccccc1)[P+]1([O-])O[C@@H]2C[C@H](C)CC[C@H]2C(C)(C)N1Cc1ccccc1. The zero-order chi connectivity index (χ0) is 23.8. The highest BCUT2D eigenvalue weighted by atomic mass is 31.2. The molecule has 2 aliphatic rings. The zero-order valence-corrected chi connectivity index (χ0v) is 21.6. The summed E-state index contributed by atoms with van der Waals surface area (Å²) < 4.78 is 8.91. The molecule has 5 heteroatoms. The van der Waals surface area contributed by atoms with Crippen molar-refractivity contribution in [2.45, 2.75) is 83.8 Å². The number of benzene rings is 2. The summed E-state index contributed by atoms with van der Waals surface area (Å²) in [7, 11) is -3.49. The third kappa shape index (κ3) is 4.79. The van der Waals surface area contributed by atoms with E-state index in [1.807, 2.05) is 62.4 Å². The Morgan fingerprint density at radius 2 is 1.67 bits per heavy atom. The fourth-order valence-electron chi connectivity index (χ4n) is 5.92. The first-order valence-electron chi connectivity index (χ1n) is 12.5. The van der Waals surface area contributed by atoms with Gasteiger partial charge in [0.25, 0.3) is 0 Å². The summed E-state index contributed by atoms with van der Waals surface area (Å²) in [5, 5.41) is 11.5.